The van der Waals surface area contributed by atoms with Gasteiger partial charge in [0.25, 0.3) is 0 Å². The summed E-state index contributed by atoms with van der Waals surface area (Å²) in [6.45, 7) is 0.0821. The number of halogens is 1. The van der Waals surface area contributed by atoms with Crippen LogP contribution in [0.3, 0.4) is 0 Å². The van der Waals surface area contributed by atoms with Crippen molar-refractivity contribution in [3.63, 3.8) is 0 Å². The van der Waals surface area contributed by atoms with Crippen LogP contribution in [-0.2, 0) is 22.7 Å². The lowest BCUT2D eigenvalue weighted by Crippen LogP contribution is -2.00. The smallest absolute Gasteiger partial charge is 0.303 e. The minimum atomic E-state index is -1.08. The van der Waals surface area contributed by atoms with E-state index < -0.39 is 18.6 Å². The molecule has 0 saturated carbocycles. The van der Waals surface area contributed by atoms with Gasteiger partial charge in [0.1, 0.15) is 24.7 Å². The lowest BCUT2D eigenvalue weighted by atomic mass is 10.0. The fourth-order valence-electron chi connectivity index (χ4n) is 3.31. The third kappa shape index (κ3) is 8.40. The van der Waals surface area contributed by atoms with Gasteiger partial charge in [-0.05, 0) is 48.0 Å². The van der Waals surface area contributed by atoms with Gasteiger partial charge in [0.05, 0.1) is 32.2 Å². The van der Waals surface area contributed by atoms with Gasteiger partial charge >= 0.3 is 11.9 Å². The molecular formula is C27H27FN4O6. The molecule has 11 heteroatoms. The summed E-state index contributed by atoms with van der Waals surface area (Å²) >= 11 is 0. The Kier molecular flexibility index (Phi) is 10.3. The number of aromatic nitrogens is 4. The SMILES string of the molecule is COc1cccc(COc2ccc(-c3nn(CCF)cc3-c3ccncc3)cc2)n1.O=C(O)CCC(=O)O. The number of alkyl halides is 1. The Hall–Kier alpha value is -4.80. The summed E-state index contributed by atoms with van der Waals surface area (Å²) < 4.78 is 25.5. The molecule has 0 atom stereocenters. The first-order chi connectivity index (χ1) is 18.4. The second-order valence-corrected chi connectivity index (χ2v) is 7.85. The van der Waals surface area contributed by atoms with Gasteiger partial charge in [0, 0.05) is 35.8 Å². The summed E-state index contributed by atoms with van der Waals surface area (Å²) in [4.78, 5) is 27.7. The summed E-state index contributed by atoms with van der Waals surface area (Å²) in [7, 11) is 1.58. The number of nitrogens with zero attached hydrogens (tertiary/aromatic N) is 4. The van der Waals surface area contributed by atoms with Crippen molar-refractivity contribution in [2.75, 3.05) is 13.8 Å². The molecule has 4 aromatic rings. The summed E-state index contributed by atoms with van der Waals surface area (Å²) in [6.07, 6.45) is 4.73. The normalized spacial score (nSPS) is 10.3. The van der Waals surface area contributed by atoms with Crippen molar-refractivity contribution in [1.29, 1.82) is 0 Å². The summed E-state index contributed by atoms with van der Waals surface area (Å²) in [5.41, 5.74) is 4.40. The molecular weight excluding hydrogens is 495 g/mol. The van der Waals surface area contributed by atoms with Gasteiger partial charge in [0.2, 0.25) is 5.88 Å². The minimum Gasteiger partial charge on any atom is -0.487 e. The van der Waals surface area contributed by atoms with E-state index in [0.29, 0.717) is 12.5 Å². The molecule has 0 aliphatic rings. The van der Waals surface area contributed by atoms with Crippen LogP contribution >= 0.6 is 0 Å². The average Bonchev–Trinajstić information content (AvgIpc) is 3.36. The molecule has 0 spiro atoms. The third-order valence-corrected chi connectivity index (χ3v) is 5.12. The Morgan fingerprint density at radius 2 is 1.63 bits per heavy atom. The Morgan fingerprint density at radius 1 is 0.947 bits per heavy atom. The molecule has 0 saturated heterocycles. The number of aryl methyl sites for hydroxylation is 1. The number of methoxy groups -OCH3 is 1. The Bertz CT molecular complexity index is 1320. The van der Waals surface area contributed by atoms with E-state index >= 15 is 0 Å². The van der Waals surface area contributed by atoms with E-state index in [4.69, 9.17) is 19.7 Å². The Balaban J connectivity index is 0.000000436. The second kappa shape index (κ2) is 14.1. The molecule has 0 aliphatic carbocycles. The molecule has 38 heavy (non-hydrogen) atoms. The van der Waals surface area contributed by atoms with Gasteiger partial charge in [-0.3, -0.25) is 19.3 Å². The summed E-state index contributed by atoms with van der Waals surface area (Å²) in [6, 6.07) is 17.1. The molecule has 0 bridgehead atoms. The maximum absolute atomic E-state index is 12.8. The van der Waals surface area contributed by atoms with Gasteiger partial charge in [-0.1, -0.05) is 6.07 Å². The zero-order chi connectivity index (χ0) is 27.3. The summed E-state index contributed by atoms with van der Waals surface area (Å²) in [5, 5.41) is 20.4. The predicted molar refractivity (Wildman–Crippen MR) is 136 cm³/mol. The van der Waals surface area contributed by atoms with E-state index in [2.05, 4.69) is 15.1 Å². The van der Waals surface area contributed by atoms with Crippen LogP contribution in [0.1, 0.15) is 18.5 Å². The fourth-order valence-corrected chi connectivity index (χ4v) is 3.31. The van der Waals surface area contributed by atoms with Crippen LogP contribution in [0.15, 0.2) is 73.2 Å². The van der Waals surface area contributed by atoms with Crippen LogP contribution in [0.2, 0.25) is 0 Å². The van der Waals surface area contributed by atoms with Gasteiger partial charge in [-0.15, -0.1) is 0 Å². The lowest BCUT2D eigenvalue weighted by molar-refractivity contribution is -0.143. The highest BCUT2D eigenvalue weighted by Crippen LogP contribution is 2.31. The molecule has 10 nitrogen and oxygen atoms in total. The number of pyridine rings is 2. The van der Waals surface area contributed by atoms with Crippen LogP contribution in [0.5, 0.6) is 11.6 Å². The number of rotatable bonds is 11. The Labute approximate surface area is 218 Å². The molecule has 0 aliphatic heterocycles. The lowest BCUT2D eigenvalue weighted by Gasteiger charge is -2.08. The topological polar surface area (TPSA) is 137 Å². The molecule has 2 N–H and O–H groups in total. The van der Waals surface area contributed by atoms with Crippen molar-refractivity contribution in [1.82, 2.24) is 19.7 Å². The molecule has 0 fully saturated rings. The second-order valence-electron chi connectivity index (χ2n) is 7.85. The van der Waals surface area contributed by atoms with E-state index in [9.17, 15) is 14.0 Å². The van der Waals surface area contributed by atoms with Gasteiger partial charge in [0.15, 0.2) is 0 Å². The van der Waals surface area contributed by atoms with Crippen LogP contribution in [-0.4, -0.2) is 55.7 Å². The average molecular weight is 523 g/mol. The van der Waals surface area contributed by atoms with Gasteiger partial charge in [-0.2, -0.15) is 5.10 Å². The van der Waals surface area contributed by atoms with Crippen molar-refractivity contribution in [2.45, 2.75) is 26.0 Å². The fraction of sp³-hybridized carbons (Fsp3) is 0.222. The van der Waals surface area contributed by atoms with Crippen LogP contribution in [0.4, 0.5) is 4.39 Å². The van der Waals surface area contributed by atoms with E-state index in [0.717, 1.165) is 33.8 Å². The number of carboxylic acids is 2. The zero-order valence-electron chi connectivity index (χ0n) is 20.7. The van der Waals surface area contributed by atoms with Crippen molar-refractivity contribution in [3.8, 4) is 34.0 Å². The number of aliphatic carboxylic acids is 2. The molecule has 0 unspecified atom stereocenters. The number of carboxylic acid groups (broad SMARTS) is 2. The zero-order valence-corrected chi connectivity index (χ0v) is 20.7. The van der Waals surface area contributed by atoms with Crippen LogP contribution < -0.4 is 9.47 Å². The standard InChI is InChI=1S/C23H21FN4O2.C4H6O4/c1-29-22-4-2-3-19(26-22)16-30-20-7-5-18(6-8-20)23-21(15-28(27-23)14-11-24)17-9-12-25-13-10-17;5-3(6)1-2-4(7)8/h2-10,12-13,15H,11,14,16H2,1H3;1-2H2,(H,5,6)(H,7,8). The maximum atomic E-state index is 12.8. The number of ether oxygens (including phenoxy) is 2. The first kappa shape index (κ1) is 27.8. The van der Waals surface area contributed by atoms with Crippen LogP contribution in [0.25, 0.3) is 22.4 Å². The molecule has 3 aromatic heterocycles. The van der Waals surface area contributed by atoms with E-state index in [-0.39, 0.29) is 19.4 Å². The number of benzene rings is 1. The quantitative estimate of drug-likeness (QED) is 0.292. The highest BCUT2D eigenvalue weighted by Gasteiger charge is 2.13. The molecule has 0 radical (unpaired) electrons. The van der Waals surface area contributed by atoms with Crippen molar-refractivity contribution in [2.24, 2.45) is 0 Å². The number of hydrogen-bond acceptors (Lipinski definition) is 7. The van der Waals surface area contributed by atoms with Gasteiger partial charge in [-0.25, -0.2) is 9.37 Å². The monoisotopic (exact) mass is 522 g/mol. The molecule has 198 valence electrons. The highest BCUT2D eigenvalue weighted by atomic mass is 19.1. The molecule has 1 aromatic carbocycles. The maximum Gasteiger partial charge on any atom is 0.303 e. The van der Waals surface area contributed by atoms with E-state index in [1.54, 1.807) is 30.3 Å². The number of carbonyl (C=O) groups is 2. The van der Waals surface area contributed by atoms with Crippen LogP contribution in [0, 0.1) is 0 Å². The molecule has 3 heterocycles. The molecule has 0 amide bonds. The minimum absolute atomic E-state index is 0.215. The van der Waals surface area contributed by atoms with Crippen molar-refractivity contribution >= 4 is 11.9 Å². The Morgan fingerprint density at radius 3 is 2.24 bits per heavy atom. The van der Waals surface area contributed by atoms with Crippen molar-refractivity contribution < 1.29 is 33.7 Å². The third-order valence-electron chi connectivity index (χ3n) is 5.12. The first-order valence-electron chi connectivity index (χ1n) is 11.6. The van der Waals surface area contributed by atoms with Gasteiger partial charge < -0.3 is 19.7 Å². The largest absolute Gasteiger partial charge is 0.487 e. The number of hydrogen-bond donors (Lipinski definition) is 2. The summed E-state index contributed by atoms with van der Waals surface area (Å²) in [5.74, 6) is -0.879. The predicted octanol–water partition coefficient (Wildman–Crippen LogP) is 4.50. The van der Waals surface area contributed by atoms with Crippen molar-refractivity contribution in [3.05, 3.63) is 78.9 Å². The first-order valence-corrected chi connectivity index (χ1v) is 11.6. The van der Waals surface area contributed by atoms with E-state index in [1.165, 1.54) is 0 Å². The molecule has 4 rings (SSSR count). The van der Waals surface area contributed by atoms with E-state index in [1.807, 2.05) is 54.7 Å². The highest BCUT2D eigenvalue weighted by molar-refractivity contribution is 5.80.